The number of allylic oxidation sites excluding steroid dienone is 10. The number of aliphatic imine (C=N–C) groups is 2. The summed E-state index contributed by atoms with van der Waals surface area (Å²) in [5.74, 6) is -0.0702. The van der Waals surface area contributed by atoms with E-state index < -0.39 is 0 Å². The van der Waals surface area contributed by atoms with Crippen molar-refractivity contribution < 1.29 is 21.1 Å². The normalized spacial score (nSPS) is 20.6. The minimum atomic E-state index is -0.345. The third-order valence-corrected chi connectivity index (χ3v) is 7.69. The molecular weight excluding hydrogens is 748 g/mol. The van der Waals surface area contributed by atoms with E-state index in [4.69, 9.17) is 35.2 Å². The molecule has 224 valence electrons. The van der Waals surface area contributed by atoms with Gasteiger partial charge in [-0.05, 0) is 30.9 Å². The first kappa shape index (κ1) is 34.2. The Kier molecular flexibility index (Phi) is 14.1. The maximum absolute atomic E-state index is 5.66. The van der Waals surface area contributed by atoms with Crippen molar-refractivity contribution in [1.29, 1.82) is 0 Å². The monoisotopic (exact) mass is 785 g/mol. The molecule has 7 heteroatoms. The molecule has 4 rings (SSSR count). The van der Waals surface area contributed by atoms with E-state index in [0.717, 1.165) is 50.8 Å². The second-order valence-electron chi connectivity index (χ2n) is 10.2. The minimum absolute atomic E-state index is 0. The summed E-state index contributed by atoms with van der Waals surface area (Å²) >= 11 is 11.2. The predicted molar refractivity (Wildman–Crippen MR) is 183 cm³/mol. The fraction of sp³-hybridized carbons (Fsp3) is 0.222. The molecule has 0 bridgehead atoms. The van der Waals surface area contributed by atoms with E-state index in [-0.39, 0.29) is 39.3 Å². The van der Waals surface area contributed by atoms with E-state index in [0.29, 0.717) is 6.42 Å². The number of hydrogen-bond acceptors (Lipinski definition) is 6. The van der Waals surface area contributed by atoms with Gasteiger partial charge in [0.15, 0.2) is 12.3 Å². The summed E-state index contributed by atoms with van der Waals surface area (Å²) in [6.07, 6.45) is 24.4. The van der Waals surface area contributed by atoms with Crippen molar-refractivity contribution in [2.45, 2.75) is 43.4 Å². The van der Waals surface area contributed by atoms with Gasteiger partial charge in [-0.1, -0.05) is 121 Å². The summed E-state index contributed by atoms with van der Waals surface area (Å²) in [5.41, 5.74) is 4.79. The van der Waals surface area contributed by atoms with Gasteiger partial charge in [0.25, 0.3) is 0 Å². The summed E-state index contributed by atoms with van der Waals surface area (Å²) in [5, 5.41) is 3.47. The zero-order valence-corrected chi connectivity index (χ0v) is 28.5. The van der Waals surface area contributed by atoms with Gasteiger partial charge >= 0.3 is 21.1 Å². The molecule has 3 atom stereocenters. The van der Waals surface area contributed by atoms with Gasteiger partial charge in [-0.15, -0.1) is 0 Å². The topological polar surface area (TPSA) is 40.0 Å². The molecule has 0 amide bonds. The van der Waals surface area contributed by atoms with Crippen LogP contribution in [0.3, 0.4) is 0 Å². The largest absolute Gasteiger partial charge is 2.00 e. The molecule has 4 nitrogen and oxygen atoms in total. The molecule has 1 aliphatic heterocycles. The third kappa shape index (κ3) is 10.1. The van der Waals surface area contributed by atoms with Crippen LogP contribution in [0.5, 0.6) is 0 Å². The average Bonchev–Trinajstić information content (AvgIpc) is 3.22. The van der Waals surface area contributed by atoms with E-state index in [1.807, 2.05) is 81.0 Å². The fourth-order valence-electron chi connectivity index (χ4n) is 4.74. The average molecular weight is 786 g/mol. The van der Waals surface area contributed by atoms with Gasteiger partial charge < -0.3 is 35.5 Å². The molecule has 0 saturated carbocycles. The Hall–Kier alpha value is -3.31. The van der Waals surface area contributed by atoms with Crippen molar-refractivity contribution in [3.63, 3.8) is 0 Å². The fourth-order valence-corrected chi connectivity index (χ4v) is 5.18. The van der Waals surface area contributed by atoms with Crippen molar-refractivity contribution in [1.82, 2.24) is 10.2 Å². The standard InChI is InChI=1S/C36H40N4S2.Pt/c1-4-5-6-7-9-16-27(2)32(26-29-19-13-15-22-33(29)42)38-36-35(37-23-24-40(36)3)39-34(28-17-10-8-11-18-28)30-20-12-14-21-31(41)25-30;/h4-5,8-25,30,35-37,41-42H,2,6-7,26H2,1,3H3;/q;+2/p-2/b5-4-,16-9-,38-32-,39-34+;. The number of hydrogen-bond donors (Lipinski definition) is 1. The molecule has 2 aromatic carbocycles. The van der Waals surface area contributed by atoms with Crippen LogP contribution in [0.1, 0.15) is 30.9 Å². The summed E-state index contributed by atoms with van der Waals surface area (Å²) in [4.78, 5) is 14.4. The molecule has 0 saturated heterocycles. The SMILES string of the molecule is C=C(/C=C\CC/C=C\C)/C(Cc1ccccc1[S-])=N\C1C(/N=C(\c2ccccc2)C2C=CC=CC([S-])=C2)NC=CN1C.[Pt+2]. The molecule has 3 unspecified atom stereocenters. The maximum atomic E-state index is 5.66. The second kappa shape index (κ2) is 17.7. The number of likely N-dealkylation sites (N-methyl/N-ethyl adjacent to an activating group) is 1. The second-order valence-corrected chi connectivity index (χ2v) is 11.1. The van der Waals surface area contributed by atoms with Crippen LogP contribution in [0, 0.1) is 5.92 Å². The third-order valence-electron chi connectivity index (χ3n) is 7.02. The Morgan fingerprint density at radius 2 is 1.74 bits per heavy atom. The first-order valence-corrected chi connectivity index (χ1v) is 15.1. The number of rotatable bonds is 11. The van der Waals surface area contributed by atoms with Crippen LogP contribution in [0.25, 0.3) is 0 Å². The quantitative estimate of drug-likeness (QED) is 0.0851. The molecule has 2 aromatic rings. The van der Waals surface area contributed by atoms with Crippen molar-refractivity contribution in [3.05, 3.63) is 150 Å². The van der Waals surface area contributed by atoms with Gasteiger partial charge in [0.05, 0.1) is 5.71 Å². The number of nitrogens with one attached hydrogen (secondary N) is 1. The molecule has 2 aliphatic rings. The molecule has 0 radical (unpaired) electrons. The number of nitrogens with zero attached hydrogens (tertiary/aromatic N) is 3. The van der Waals surface area contributed by atoms with Crippen LogP contribution >= 0.6 is 0 Å². The molecular formula is C36H38N4PtS2. The summed E-state index contributed by atoms with van der Waals surface area (Å²) in [6.45, 7) is 6.46. The predicted octanol–water partition coefficient (Wildman–Crippen LogP) is 7.36. The van der Waals surface area contributed by atoms with E-state index in [2.05, 4.69) is 71.5 Å². The minimum Gasteiger partial charge on any atom is -0.780 e. The summed E-state index contributed by atoms with van der Waals surface area (Å²) in [7, 11) is 2.03. The van der Waals surface area contributed by atoms with Crippen LogP contribution in [-0.2, 0) is 52.7 Å². The first-order chi connectivity index (χ1) is 20.5. The molecule has 1 heterocycles. The molecule has 1 N–H and O–H groups in total. The number of unbranched alkanes of at least 4 members (excludes halogenated alkanes) is 1. The molecule has 43 heavy (non-hydrogen) atoms. The smallest absolute Gasteiger partial charge is 0.780 e. The first-order valence-electron chi connectivity index (χ1n) is 14.3. The van der Waals surface area contributed by atoms with Crippen molar-refractivity contribution in [3.8, 4) is 0 Å². The van der Waals surface area contributed by atoms with Crippen molar-refractivity contribution in [2.24, 2.45) is 15.9 Å². The van der Waals surface area contributed by atoms with Crippen LogP contribution in [0.15, 0.2) is 154 Å². The molecule has 1 aliphatic carbocycles. The van der Waals surface area contributed by atoms with Gasteiger partial charge in [-0.25, -0.2) is 0 Å². The van der Waals surface area contributed by atoms with Gasteiger partial charge in [0.2, 0.25) is 0 Å². The summed E-state index contributed by atoms with van der Waals surface area (Å²) < 4.78 is 0. The Balaban J connectivity index is 0.00000506. The number of benzene rings is 2. The van der Waals surface area contributed by atoms with E-state index in [1.165, 1.54) is 0 Å². The van der Waals surface area contributed by atoms with Crippen molar-refractivity contribution in [2.75, 3.05) is 7.05 Å². The van der Waals surface area contributed by atoms with Gasteiger partial charge in [0.1, 0.15) is 0 Å². The Bertz CT molecular complexity index is 1470. The van der Waals surface area contributed by atoms with Crippen LogP contribution in [0.2, 0.25) is 0 Å². The van der Waals surface area contributed by atoms with Gasteiger partial charge in [-0.3, -0.25) is 9.98 Å². The van der Waals surface area contributed by atoms with Crippen LogP contribution < -0.4 is 5.32 Å². The molecule has 0 aromatic heterocycles. The van der Waals surface area contributed by atoms with Crippen LogP contribution in [-0.4, -0.2) is 35.7 Å². The van der Waals surface area contributed by atoms with Gasteiger partial charge in [0, 0.05) is 37.5 Å². The Morgan fingerprint density at radius 1 is 1.00 bits per heavy atom. The zero-order chi connectivity index (χ0) is 29.7. The van der Waals surface area contributed by atoms with E-state index in [1.54, 1.807) is 0 Å². The maximum Gasteiger partial charge on any atom is 2.00 e. The zero-order valence-electron chi connectivity index (χ0n) is 24.6. The molecule has 0 fully saturated rings. The molecule has 0 spiro atoms. The van der Waals surface area contributed by atoms with Gasteiger partial charge in [-0.2, -0.15) is 9.80 Å². The van der Waals surface area contributed by atoms with Crippen LogP contribution in [0.4, 0.5) is 0 Å². The Morgan fingerprint density at radius 3 is 2.51 bits per heavy atom. The van der Waals surface area contributed by atoms with Crippen molar-refractivity contribution >= 4 is 36.7 Å². The van der Waals surface area contributed by atoms with E-state index in [9.17, 15) is 0 Å². The summed E-state index contributed by atoms with van der Waals surface area (Å²) in [6, 6.07) is 18.3. The Labute approximate surface area is 282 Å². The van der Waals surface area contributed by atoms with E-state index >= 15 is 0 Å².